The minimum absolute atomic E-state index is 0.0503. The second-order valence-corrected chi connectivity index (χ2v) is 5.30. The van der Waals surface area contributed by atoms with Crippen molar-refractivity contribution in [2.45, 2.75) is 31.9 Å². The first-order valence-corrected chi connectivity index (χ1v) is 7.36. The van der Waals surface area contributed by atoms with Crippen LogP contribution in [0.3, 0.4) is 0 Å². The predicted molar refractivity (Wildman–Crippen MR) is 81.5 cm³/mol. The lowest BCUT2D eigenvalue weighted by Gasteiger charge is -2.19. The van der Waals surface area contributed by atoms with Gasteiger partial charge in [-0.2, -0.15) is 0 Å². The van der Waals surface area contributed by atoms with E-state index in [0.717, 1.165) is 29.9 Å². The van der Waals surface area contributed by atoms with Crippen LogP contribution < -0.4 is 15.2 Å². The van der Waals surface area contributed by atoms with Crippen LogP contribution in [-0.2, 0) is 6.42 Å². The molecule has 0 bridgehead atoms. The molecular formula is C17H20N2O2. The summed E-state index contributed by atoms with van der Waals surface area (Å²) in [4.78, 5) is 4.22. The van der Waals surface area contributed by atoms with E-state index in [1.54, 1.807) is 12.4 Å². The molecule has 4 nitrogen and oxygen atoms in total. The highest BCUT2D eigenvalue weighted by molar-refractivity contribution is 5.38. The first kappa shape index (κ1) is 13.9. The maximum Gasteiger partial charge on any atom is 0.137 e. The lowest BCUT2D eigenvalue weighted by Crippen LogP contribution is -2.30. The quantitative estimate of drug-likeness (QED) is 0.917. The van der Waals surface area contributed by atoms with Crippen molar-refractivity contribution < 1.29 is 9.47 Å². The van der Waals surface area contributed by atoms with E-state index in [1.807, 2.05) is 24.3 Å². The molecule has 2 heterocycles. The molecule has 0 spiro atoms. The highest BCUT2D eigenvalue weighted by Gasteiger charge is 2.29. The average Bonchev–Trinajstić information content (AvgIpc) is 2.96. The number of aromatic nitrogens is 1. The number of para-hydroxylation sites is 1. The van der Waals surface area contributed by atoms with Crippen molar-refractivity contribution in [2.75, 3.05) is 6.61 Å². The van der Waals surface area contributed by atoms with Gasteiger partial charge in [0.2, 0.25) is 0 Å². The Balaban J connectivity index is 1.73. The summed E-state index contributed by atoms with van der Waals surface area (Å²) in [5.74, 6) is 1.70. The van der Waals surface area contributed by atoms with Gasteiger partial charge in [0.05, 0.1) is 18.8 Å². The molecule has 1 aromatic carbocycles. The van der Waals surface area contributed by atoms with Gasteiger partial charge in [0.1, 0.15) is 17.6 Å². The molecule has 0 saturated carbocycles. The molecule has 0 fully saturated rings. The third-order valence-electron chi connectivity index (χ3n) is 3.66. The van der Waals surface area contributed by atoms with Crippen LogP contribution in [-0.4, -0.2) is 17.7 Å². The number of pyridine rings is 1. The summed E-state index contributed by atoms with van der Waals surface area (Å²) in [6.45, 7) is 2.76. The van der Waals surface area contributed by atoms with Gasteiger partial charge in [-0.15, -0.1) is 0 Å². The molecule has 110 valence electrons. The van der Waals surface area contributed by atoms with Crippen molar-refractivity contribution in [3.8, 4) is 11.5 Å². The maximum absolute atomic E-state index is 6.36. The zero-order chi connectivity index (χ0) is 14.7. The van der Waals surface area contributed by atoms with Crippen molar-refractivity contribution in [1.82, 2.24) is 4.98 Å². The van der Waals surface area contributed by atoms with Gasteiger partial charge in [-0.3, -0.25) is 4.98 Å². The number of hydrogen-bond donors (Lipinski definition) is 1. The fourth-order valence-electron chi connectivity index (χ4n) is 2.54. The lowest BCUT2D eigenvalue weighted by molar-refractivity contribution is 0.199. The van der Waals surface area contributed by atoms with E-state index in [1.165, 1.54) is 5.56 Å². The van der Waals surface area contributed by atoms with E-state index >= 15 is 0 Å². The monoisotopic (exact) mass is 284 g/mol. The Morgan fingerprint density at radius 3 is 3.05 bits per heavy atom. The summed E-state index contributed by atoms with van der Waals surface area (Å²) in [7, 11) is 0. The number of benzene rings is 1. The van der Waals surface area contributed by atoms with Crippen LogP contribution in [0.1, 0.15) is 30.5 Å². The van der Waals surface area contributed by atoms with Gasteiger partial charge in [0, 0.05) is 12.6 Å². The van der Waals surface area contributed by atoms with Crippen molar-refractivity contribution in [3.63, 3.8) is 0 Å². The Kier molecular flexibility index (Phi) is 4.06. The largest absolute Gasteiger partial charge is 0.492 e. The topological polar surface area (TPSA) is 57.4 Å². The molecular weight excluding hydrogens is 264 g/mol. The zero-order valence-corrected chi connectivity index (χ0v) is 12.2. The normalized spacial score (nSPS) is 17.9. The fourth-order valence-corrected chi connectivity index (χ4v) is 2.54. The highest BCUT2D eigenvalue weighted by Crippen LogP contribution is 2.33. The third-order valence-corrected chi connectivity index (χ3v) is 3.66. The SMILES string of the molecule is CCCOc1cncc(C(N)C2Cc3ccccc3O2)c1. The molecule has 1 aliphatic heterocycles. The lowest BCUT2D eigenvalue weighted by atomic mass is 10.00. The van der Waals surface area contributed by atoms with Gasteiger partial charge in [0.25, 0.3) is 0 Å². The molecule has 2 unspecified atom stereocenters. The van der Waals surface area contributed by atoms with Crippen LogP contribution in [0.2, 0.25) is 0 Å². The van der Waals surface area contributed by atoms with Crippen LogP contribution in [0.4, 0.5) is 0 Å². The summed E-state index contributed by atoms with van der Waals surface area (Å²) in [6, 6.07) is 9.82. The fraction of sp³-hybridized carbons (Fsp3) is 0.353. The van der Waals surface area contributed by atoms with Crippen LogP contribution in [0.5, 0.6) is 11.5 Å². The summed E-state index contributed by atoms with van der Waals surface area (Å²) in [5, 5.41) is 0. The first-order valence-electron chi connectivity index (χ1n) is 7.36. The second kappa shape index (κ2) is 6.14. The van der Waals surface area contributed by atoms with E-state index in [-0.39, 0.29) is 12.1 Å². The Bertz CT molecular complexity index is 590. The number of hydrogen-bond acceptors (Lipinski definition) is 4. The van der Waals surface area contributed by atoms with E-state index in [2.05, 4.69) is 18.0 Å². The Morgan fingerprint density at radius 2 is 2.24 bits per heavy atom. The molecule has 3 rings (SSSR count). The first-order chi connectivity index (χ1) is 10.3. The van der Waals surface area contributed by atoms with Crippen molar-refractivity contribution >= 4 is 0 Å². The Hall–Kier alpha value is -2.07. The van der Waals surface area contributed by atoms with Crippen LogP contribution in [0, 0.1) is 0 Å². The molecule has 2 N–H and O–H groups in total. The van der Waals surface area contributed by atoms with Crippen molar-refractivity contribution in [3.05, 3.63) is 53.9 Å². The van der Waals surface area contributed by atoms with E-state index in [4.69, 9.17) is 15.2 Å². The smallest absolute Gasteiger partial charge is 0.137 e. The van der Waals surface area contributed by atoms with E-state index < -0.39 is 0 Å². The van der Waals surface area contributed by atoms with E-state index in [0.29, 0.717) is 6.61 Å². The van der Waals surface area contributed by atoms with Gasteiger partial charge >= 0.3 is 0 Å². The molecule has 21 heavy (non-hydrogen) atoms. The molecule has 2 aromatic rings. The summed E-state index contributed by atoms with van der Waals surface area (Å²) >= 11 is 0. The van der Waals surface area contributed by atoms with Gasteiger partial charge in [0.15, 0.2) is 0 Å². The number of ether oxygens (including phenoxy) is 2. The molecule has 0 aliphatic carbocycles. The summed E-state index contributed by atoms with van der Waals surface area (Å²) in [6.07, 6.45) is 5.26. The molecule has 1 aliphatic rings. The zero-order valence-electron chi connectivity index (χ0n) is 12.2. The highest BCUT2D eigenvalue weighted by atomic mass is 16.5. The third kappa shape index (κ3) is 3.00. The van der Waals surface area contributed by atoms with Crippen molar-refractivity contribution in [2.24, 2.45) is 5.73 Å². The van der Waals surface area contributed by atoms with E-state index in [9.17, 15) is 0 Å². The van der Waals surface area contributed by atoms with Gasteiger partial charge in [-0.05, 0) is 29.7 Å². The van der Waals surface area contributed by atoms with Crippen molar-refractivity contribution in [1.29, 1.82) is 0 Å². The molecule has 0 radical (unpaired) electrons. The standard InChI is InChI=1S/C17H20N2O2/c1-2-7-20-14-8-13(10-19-11-14)17(18)16-9-12-5-3-4-6-15(12)21-16/h3-6,8,10-11,16-17H,2,7,9,18H2,1H3. The molecule has 1 aromatic heterocycles. The Labute approximate surface area is 124 Å². The number of nitrogens with two attached hydrogens (primary N) is 1. The second-order valence-electron chi connectivity index (χ2n) is 5.30. The van der Waals surface area contributed by atoms with Crippen LogP contribution in [0.25, 0.3) is 0 Å². The van der Waals surface area contributed by atoms with Gasteiger partial charge in [-0.1, -0.05) is 25.1 Å². The minimum Gasteiger partial charge on any atom is -0.492 e. The minimum atomic E-state index is -0.213. The average molecular weight is 284 g/mol. The predicted octanol–water partition coefficient (Wildman–Crippen LogP) is 2.87. The molecule has 0 amide bonds. The summed E-state index contributed by atoms with van der Waals surface area (Å²) < 4.78 is 11.6. The van der Waals surface area contributed by atoms with Crippen LogP contribution >= 0.6 is 0 Å². The van der Waals surface area contributed by atoms with Gasteiger partial charge in [-0.25, -0.2) is 0 Å². The Morgan fingerprint density at radius 1 is 1.38 bits per heavy atom. The van der Waals surface area contributed by atoms with Crippen LogP contribution in [0.15, 0.2) is 42.7 Å². The molecule has 0 saturated heterocycles. The number of rotatable bonds is 5. The molecule has 4 heteroatoms. The number of nitrogens with zero attached hydrogens (tertiary/aromatic N) is 1. The van der Waals surface area contributed by atoms with Gasteiger partial charge < -0.3 is 15.2 Å². The number of fused-ring (bicyclic) bond motifs is 1. The summed E-state index contributed by atoms with van der Waals surface area (Å²) in [5.41, 5.74) is 8.51. The maximum atomic E-state index is 6.36. The molecule has 2 atom stereocenters.